The van der Waals surface area contributed by atoms with Crippen molar-refractivity contribution in [3.05, 3.63) is 35.4 Å². The number of benzene rings is 1. The van der Waals surface area contributed by atoms with Crippen LogP contribution in [0, 0.1) is 19.3 Å². The van der Waals surface area contributed by atoms with E-state index in [-0.39, 0.29) is 6.10 Å². The highest BCUT2D eigenvalue weighted by Gasteiger charge is 2.21. The highest BCUT2D eigenvalue weighted by molar-refractivity contribution is 5.23. The number of nitrogens with one attached hydrogen (secondary N) is 1. The van der Waals surface area contributed by atoms with Gasteiger partial charge < -0.3 is 4.74 Å². The van der Waals surface area contributed by atoms with E-state index in [0.29, 0.717) is 6.61 Å². The molecule has 1 aromatic carbocycles. The normalized spacial score (nSPS) is 18.4. The lowest BCUT2D eigenvalue weighted by atomic mass is 10.1. The maximum absolute atomic E-state index is 5.78. The number of hydrazine groups is 1. The Morgan fingerprint density at radius 2 is 2.16 bits per heavy atom. The quantitative estimate of drug-likeness (QED) is 0.808. The van der Waals surface area contributed by atoms with Crippen LogP contribution in [0.5, 0.6) is 0 Å². The minimum Gasteiger partial charge on any atom is -0.359 e. The molecule has 0 aromatic heterocycles. The summed E-state index contributed by atoms with van der Waals surface area (Å²) in [6.07, 6.45) is 5.29. The number of nitrogens with zero attached hydrogens (tertiary/aromatic N) is 2. The van der Waals surface area contributed by atoms with Crippen molar-refractivity contribution in [2.24, 2.45) is 0 Å². The van der Waals surface area contributed by atoms with Gasteiger partial charge in [-0.15, -0.1) is 6.42 Å². The summed E-state index contributed by atoms with van der Waals surface area (Å²) >= 11 is 0. The molecular formula is C15H21N3O. The van der Waals surface area contributed by atoms with Gasteiger partial charge >= 0.3 is 0 Å². The van der Waals surface area contributed by atoms with Crippen LogP contribution in [0.1, 0.15) is 17.2 Å². The van der Waals surface area contributed by atoms with Gasteiger partial charge in [0.1, 0.15) is 6.61 Å². The zero-order chi connectivity index (χ0) is 13.7. The van der Waals surface area contributed by atoms with Crippen molar-refractivity contribution in [3.8, 4) is 12.3 Å². The summed E-state index contributed by atoms with van der Waals surface area (Å²) in [6.45, 7) is 4.97. The fraction of sp³-hybridized carbons (Fsp3) is 0.467. The van der Waals surface area contributed by atoms with E-state index in [4.69, 9.17) is 11.2 Å². The second kappa shape index (κ2) is 6.69. The van der Waals surface area contributed by atoms with Crippen LogP contribution in [0.3, 0.4) is 0 Å². The van der Waals surface area contributed by atoms with E-state index in [0.717, 1.165) is 25.4 Å². The Balaban J connectivity index is 2.03. The van der Waals surface area contributed by atoms with Crippen LogP contribution in [0.2, 0.25) is 0 Å². The number of hydrogen-bond donors (Lipinski definition) is 1. The Kier molecular flexibility index (Phi) is 4.94. The molecule has 0 saturated carbocycles. The number of hydrogen-bond acceptors (Lipinski definition) is 4. The third-order valence-electron chi connectivity index (χ3n) is 3.18. The molecule has 1 aliphatic heterocycles. The zero-order valence-electron chi connectivity index (χ0n) is 11.6. The molecule has 1 atom stereocenters. The molecule has 1 aromatic rings. The summed E-state index contributed by atoms with van der Waals surface area (Å²) in [5, 5.41) is 2.15. The van der Waals surface area contributed by atoms with Crippen molar-refractivity contribution in [2.75, 3.05) is 33.5 Å². The maximum atomic E-state index is 5.78. The van der Waals surface area contributed by atoms with E-state index < -0.39 is 0 Å². The third-order valence-corrected chi connectivity index (χ3v) is 3.18. The van der Waals surface area contributed by atoms with E-state index in [9.17, 15) is 0 Å². The Hall–Kier alpha value is -1.38. The number of aryl methyl sites for hydroxylation is 1. The average molecular weight is 259 g/mol. The molecule has 1 unspecified atom stereocenters. The van der Waals surface area contributed by atoms with E-state index in [2.05, 4.69) is 59.5 Å². The molecule has 4 nitrogen and oxygen atoms in total. The fourth-order valence-corrected chi connectivity index (χ4v) is 2.12. The first-order valence-electron chi connectivity index (χ1n) is 6.47. The minimum atomic E-state index is -0.00403. The number of ether oxygens (including phenoxy) is 1. The van der Waals surface area contributed by atoms with E-state index in [1.807, 2.05) is 0 Å². The van der Waals surface area contributed by atoms with Crippen LogP contribution in [-0.2, 0) is 4.74 Å². The monoisotopic (exact) mass is 259 g/mol. The molecule has 1 saturated heterocycles. The topological polar surface area (TPSA) is 27.7 Å². The number of terminal acetylenes is 1. The van der Waals surface area contributed by atoms with Crippen LogP contribution >= 0.6 is 0 Å². The maximum Gasteiger partial charge on any atom is 0.108 e. The van der Waals surface area contributed by atoms with Gasteiger partial charge in [0, 0.05) is 6.54 Å². The zero-order valence-corrected chi connectivity index (χ0v) is 11.6. The molecule has 0 bridgehead atoms. The lowest BCUT2D eigenvalue weighted by Gasteiger charge is -2.23. The summed E-state index contributed by atoms with van der Waals surface area (Å²) in [6, 6.07) is 8.42. The van der Waals surface area contributed by atoms with E-state index in [1.165, 1.54) is 5.56 Å². The van der Waals surface area contributed by atoms with Crippen molar-refractivity contribution in [1.82, 2.24) is 15.3 Å². The Bertz CT molecular complexity index is 438. The van der Waals surface area contributed by atoms with E-state index in [1.54, 1.807) is 0 Å². The van der Waals surface area contributed by atoms with Crippen LogP contribution in [0.15, 0.2) is 24.3 Å². The molecule has 1 aliphatic rings. The lowest BCUT2D eigenvalue weighted by molar-refractivity contribution is 0.0360. The fourth-order valence-electron chi connectivity index (χ4n) is 2.12. The summed E-state index contributed by atoms with van der Waals surface area (Å²) in [4.78, 5) is 2.20. The molecule has 102 valence electrons. The highest BCUT2D eigenvalue weighted by atomic mass is 16.5. The van der Waals surface area contributed by atoms with Crippen LogP contribution in [-0.4, -0.2) is 43.4 Å². The smallest absolute Gasteiger partial charge is 0.108 e. The summed E-state index contributed by atoms with van der Waals surface area (Å²) in [5.41, 5.74) is 5.73. The van der Waals surface area contributed by atoms with Crippen LogP contribution < -0.4 is 5.43 Å². The minimum absolute atomic E-state index is 0.00403. The lowest BCUT2D eigenvalue weighted by Crippen LogP contribution is -2.35. The van der Waals surface area contributed by atoms with Crippen LogP contribution in [0.25, 0.3) is 0 Å². The van der Waals surface area contributed by atoms with Crippen molar-refractivity contribution < 1.29 is 4.74 Å². The molecule has 2 rings (SSSR count). The molecule has 19 heavy (non-hydrogen) atoms. The second-order valence-corrected chi connectivity index (χ2v) is 4.95. The van der Waals surface area contributed by atoms with Gasteiger partial charge in [0.2, 0.25) is 0 Å². The molecule has 0 amide bonds. The Labute approximate surface area is 115 Å². The van der Waals surface area contributed by atoms with Gasteiger partial charge in [0.15, 0.2) is 0 Å². The highest BCUT2D eigenvalue weighted by Crippen LogP contribution is 2.19. The van der Waals surface area contributed by atoms with Gasteiger partial charge in [-0.2, -0.15) is 0 Å². The molecule has 0 aliphatic carbocycles. The predicted molar refractivity (Wildman–Crippen MR) is 76.0 cm³/mol. The first-order valence-corrected chi connectivity index (χ1v) is 6.47. The number of rotatable bonds is 5. The van der Waals surface area contributed by atoms with Crippen molar-refractivity contribution >= 4 is 0 Å². The molecule has 1 fully saturated rings. The van der Waals surface area contributed by atoms with Gasteiger partial charge in [-0.05, 0) is 19.5 Å². The SMILES string of the molecule is C#CCOC(CN1CN(C)CN1)c1ccc(C)cc1. The van der Waals surface area contributed by atoms with Gasteiger partial charge in [-0.1, -0.05) is 35.7 Å². The van der Waals surface area contributed by atoms with Crippen molar-refractivity contribution in [1.29, 1.82) is 0 Å². The largest absolute Gasteiger partial charge is 0.359 e. The first-order chi connectivity index (χ1) is 9.19. The van der Waals surface area contributed by atoms with Crippen molar-refractivity contribution in [3.63, 3.8) is 0 Å². The molecule has 1 heterocycles. The summed E-state index contributed by atoms with van der Waals surface area (Å²) in [7, 11) is 2.08. The van der Waals surface area contributed by atoms with Gasteiger partial charge in [-0.3, -0.25) is 4.90 Å². The molecule has 1 N–H and O–H groups in total. The Morgan fingerprint density at radius 1 is 1.42 bits per heavy atom. The third kappa shape index (κ3) is 4.05. The van der Waals surface area contributed by atoms with Gasteiger partial charge in [-0.25, -0.2) is 10.4 Å². The Morgan fingerprint density at radius 3 is 2.74 bits per heavy atom. The predicted octanol–water partition coefficient (Wildman–Crippen LogP) is 1.35. The second-order valence-electron chi connectivity index (χ2n) is 4.95. The molecular weight excluding hydrogens is 238 g/mol. The first kappa shape index (κ1) is 14.0. The van der Waals surface area contributed by atoms with Gasteiger partial charge in [0.05, 0.1) is 19.4 Å². The molecule has 4 heteroatoms. The molecule has 0 spiro atoms. The van der Waals surface area contributed by atoms with E-state index >= 15 is 0 Å². The average Bonchev–Trinajstić information content (AvgIpc) is 2.81. The standard InChI is InChI=1S/C15H21N3O/c1-4-9-19-15(10-18-12-17(3)11-16-18)14-7-5-13(2)6-8-14/h1,5-8,15-16H,9-12H2,2-3H3. The summed E-state index contributed by atoms with van der Waals surface area (Å²) < 4.78 is 5.78. The molecule has 0 radical (unpaired) electrons. The van der Waals surface area contributed by atoms with Crippen LogP contribution in [0.4, 0.5) is 0 Å². The van der Waals surface area contributed by atoms with Crippen molar-refractivity contribution in [2.45, 2.75) is 13.0 Å². The van der Waals surface area contributed by atoms with Gasteiger partial charge in [0.25, 0.3) is 0 Å². The summed E-state index contributed by atoms with van der Waals surface area (Å²) in [5.74, 6) is 2.54.